The van der Waals surface area contributed by atoms with Gasteiger partial charge in [-0.05, 0) is 40.0 Å². The number of aryl methyl sites for hydroxylation is 1. The number of halogens is 1. The van der Waals surface area contributed by atoms with E-state index >= 15 is 0 Å². The van der Waals surface area contributed by atoms with Crippen molar-refractivity contribution >= 4 is 15.9 Å². The molecule has 0 aliphatic rings. The number of hydrogen-bond acceptors (Lipinski definition) is 2. The normalized spacial score (nSPS) is 10.6. The summed E-state index contributed by atoms with van der Waals surface area (Å²) in [6, 6.07) is 12.2. The van der Waals surface area contributed by atoms with Crippen molar-refractivity contribution in [3.63, 3.8) is 0 Å². The Labute approximate surface area is 120 Å². The van der Waals surface area contributed by atoms with Crippen molar-refractivity contribution in [2.45, 2.75) is 6.92 Å². The molecule has 0 aliphatic heterocycles. The van der Waals surface area contributed by atoms with Gasteiger partial charge in [-0.2, -0.15) is 5.10 Å². The number of benzene rings is 1. The van der Waals surface area contributed by atoms with Gasteiger partial charge in [0.1, 0.15) is 0 Å². The van der Waals surface area contributed by atoms with Gasteiger partial charge in [0.15, 0.2) is 5.82 Å². The van der Waals surface area contributed by atoms with Crippen molar-refractivity contribution < 1.29 is 0 Å². The summed E-state index contributed by atoms with van der Waals surface area (Å²) in [6.07, 6.45) is 5.65. The average molecular weight is 314 g/mol. The van der Waals surface area contributed by atoms with E-state index in [1.807, 2.05) is 43.6 Å². The van der Waals surface area contributed by atoms with Gasteiger partial charge < -0.3 is 0 Å². The molecule has 2 heterocycles. The zero-order chi connectivity index (χ0) is 13.2. The Balaban J connectivity index is 1.99. The fraction of sp³-hybridized carbons (Fsp3) is 0.0667. The smallest absolute Gasteiger partial charge is 0.153 e. The van der Waals surface area contributed by atoms with Crippen LogP contribution in [0.4, 0.5) is 0 Å². The predicted octanol–water partition coefficient (Wildman–Crippen LogP) is 4.01. The van der Waals surface area contributed by atoms with Crippen LogP contribution in [0.25, 0.3) is 16.9 Å². The highest BCUT2D eigenvalue weighted by molar-refractivity contribution is 9.10. The van der Waals surface area contributed by atoms with Gasteiger partial charge in [-0.15, -0.1) is 0 Å². The molecule has 0 spiro atoms. The molecule has 0 N–H and O–H groups in total. The minimum Gasteiger partial charge on any atom is -0.236 e. The Morgan fingerprint density at radius 1 is 1.05 bits per heavy atom. The van der Waals surface area contributed by atoms with Crippen LogP contribution in [-0.2, 0) is 0 Å². The van der Waals surface area contributed by atoms with Gasteiger partial charge in [0.2, 0.25) is 0 Å². The van der Waals surface area contributed by atoms with E-state index in [2.05, 4.69) is 38.1 Å². The molecule has 0 radical (unpaired) electrons. The Morgan fingerprint density at radius 2 is 1.84 bits per heavy atom. The largest absolute Gasteiger partial charge is 0.236 e. The van der Waals surface area contributed by atoms with Gasteiger partial charge in [0, 0.05) is 22.4 Å². The van der Waals surface area contributed by atoms with Crippen LogP contribution in [-0.4, -0.2) is 14.8 Å². The topological polar surface area (TPSA) is 30.7 Å². The zero-order valence-corrected chi connectivity index (χ0v) is 12.0. The van der Waals surface area contributed by atoms with E-state index in [0.717, 1.165) is 27.0 Å². The van der Waals surface area contributed by atoms with E-state index in [4.69, 9.17) is 0 Å². The third-order valence-corrected chi connectivity index (χ3v) is 3.79. The average Bonchev–Trinajstić information content (AvgIpc) is 2.93. The molecule has 0 unspecified atom stereocenters. The van der Waals surface area contributed by atoms with Crippen LogP contribution in [0, 0.1) is 6.92 Å². The lowest BCUT2D eigenvalue weighted by molar-refractivity contribution is 0.844. The van der Waals surface area contributed by atoms with Crippen LogP contribution in [0.15, 0.2) is 59.5 Å². The number of pyridine rings is 1. The van der Waals surface area contributed by atoms with Crippen LogP contribution < -0.4 is 0 Å². The monoisotopic (exact) mass is 313 g/mol. The molecule has 0 aliphatic carbocycles. The molecule has 3 rings (SSSR count). The van der Waals surface area contributed by atoms with Crippen molar-refractivity contribution in [2.24, 2.45) is 0 Å². The summed E-state index contributed by atoms with van der Waals surface area (Å²) in [4.78, 5) is 4.37. The molecule has 3 aromatic rings. The summed E-state index contributed by atoms with van der Waals surface area (Å²) in [6.45, 7) is 2.04. The third kappa shape index (κ3) is 2.44. The molecule has 3 nitrogen and oxygen atoms in total. The first-order valence-electron chi connectivity index (χ1n) is 5.96. The lowest BCUT2D eigenvalue weighted by Gasteiger charge is -2.02. The minimum absolute atomic E-state index is 0.822. The summed E-state index contributed by atoms with van der Waals surface area (Å²) in [7, 11) is 0. The summed E-state index contributed by atoms with van der Waals surface area (Å²) in [5, 5.41) is 4.37. The van der Waals surface area contributed by atoms with Crippen molar-refractivity contribution in [3.05, 3.63) is 65.0 Å². The Kier molecular flexibility index (Phi) is 3.17. The van der Waals surface area contributed by atoms with Crippen LogP contribution in [0.2, 0.25) is 0 Å². The van der Waals surface area contributed by atoms with Gasteiger partial charge in [-0.1, -0.05) is 30.3 Å². The van der Waals surface area contributed by atoms with Crippen LogP contribution in [0.5, 0.6) is 0 Å². The first kappa shape index (κ1) is 12.1. The highest BCUT2D eigenvalue weighted by Gasteiger charge is 2.05. The van der Waals surface area contributed by atoms with Crippen molar-refractivity contribution in [3.8, 4) is 16.9 Å². The van der Waals surface area contributed by atoms with Crippen LogP contribution in [0.1, 0.15) is 5.56 Å². The van der Waals surface area contributed by atoms with Gasteiger partial charge in [0.05, 0.1) is 6.20 Å². The quantitative estimate of drug-likeness (QED) is 0.715. The SMILES string of the molecule is Cc1cc(-n2cc(-c3ccccc3)cn2)ncc1Br. The third-order valence-electron chi connectivity index (χ3n) is 2.96. The number of rotatable bonds is 2. The van der Waals surface area contributed by atoms with Gasteiger partial charge >= 0.3 is 0 Å². The second-order valence-corrected chi connectivity index (χ2v) is 5.19. The molecule has 94 valence electrons. The molecule has 0 bridgehead atoms. The van der Waals surface area contributed by atoms with Crippen LogP contribution in [0.3, 0.4) is 0 Å². The summed E-state index contributed by atoms with van der Waals surface area (Å²) >= 11 is 3.45. The fourth-order valence-corrected chi connectivity index (χ4v) is 2.09. The van der Waals surface area contributed by atoms with Crippen LogP contribution >= 0.6 is 15.9 Å². The first-order chi connectivity index (χ1) is 9.24. The number of aromatic nitrogens is 3. The Bertz CT molecular complexity index is 704. The zero-order valence-electron chi connectivity index (χ0n) is 10.4. The van der Waals surface area contributed by atoms with Gasteiger partial charge in [0.25, 0.3) is 0 Å². The molecule has 0 atom stereocenters. The van der Waals surface area contributed by atoms with Gasteiger partial charge in [-0.3, -0.25) is 0 Å². The molecule has 1 aromatic carbocycles. The maximum atomic E-state index is 4.37. The molecule has 0 saturated carbocycles. The molecule has 0 amide bonds. The molecule has 4 heteroatoms. The predicted molar refractivity (Wildman–Crippen MR) is 79.2 cm³/mol. The molecule has 0 fully saturated rings. The standard InChI is InChI=1S/C15H12BrN3/c1-11-7-15(17-9-14(11)16)19-10-13(8-18-19)12-5-3-2-4-6-12/h2-10H,1H3. The molecular weight excluding hydrogens is 302 g/mol. The lowest BCUT2D eigenvalue weighted by Crippen LogP contribution is -1.98. The lowest BCUT2D eigenvalue weighted by atomic mass is 10.1. The molecule has 2 aromatic heterocycles. The van der Waals surface area contributed by atoms with Crippen molar-refractivity contribution in [1.29, 1.82) is 0 Å². The number of nitrogens with zero attached hydrogens (tertiary/aromatic N) is 3. The van der Waals surface area contributed by atoms with Crippen molar-refractivity contribution in [1.82, 2.24) is 14.8 Å². The second kappa shape index (κ2) is 4.97. The maximum absolute atomic E-state index is 4.37. The highest BCUT2D eigenvalue weighted by atomic mass is 79.9. The van der Waals surface area contributed by atoms with E-state index in [-0.39, 0.29) is 0 Å². The fourth-order valence-electron chi connectivity index (χ4n) is 1.88. The molecular formula is C15H12BrN3. The molecule has 0 saturated heterocycles. The summed E-state index contributed by atoms with van der Waals surface area (Å²) < 4.78 is 2.80. The maximum Gasteiger partial charge on any atom is 0.153 e. The van der Waals surface area contributed by atoms with Crippen molar-refractivity contribution in [2.75, 3.05) is 0 Å². The van der Waals surface area contributed by atoms with E-state index in [1.165, 1.54) is 0 Å². The highest BCUT2D eigenvalue weighted by Crippen LogP contribution is 2.21. The Hall–Kier alpha value is -1.94. The van der Waals surface area contributed by atoms with E-state index in [1.54, 1.807) is 10.9 Å². The summed E-state index contributed by atoms with van der Waals surface area (Å²) in [5.41, 5.74) is 3.38. The second-order valence-electron chi connectivity index (χ2n) is 4.33. The molecule has 19 heavy (non-hydrogen) atoms. The van der Waals surface area contributed by atoms with Gasteiger partial charge in [-0.25, -0.2) is 9.67 Å². The Morgan fingerprint density at radius 3 is 2.58 bits per heavy atom. The van der Waals surface area contributed by atoms with E-state index < -0.39 is 0 Å². The van der Waals surface area contributed by atoms with E-state index in [0.29, 0.717) is 0 Å². The number of hydrogen-bond donors (Lipinski definition) is 0. The minimum atomic E-state index is 0.822. The van der Waals surface area contributed by atoms with E-state index in [9.17, 15) is 0 Å². The first-order valence-corrected chi connectivity index (χ1v) is 6.76. The summed E-state index contributed by atoms with van der Waals surface area (Å²) in [5.74, 6) is 0.822.